The highest BCUT2D eigenvalue weighted by Crippen LogP contribution is 2.26. The molecule has 0 radical (unpaired) electrons. The van der Waals surface area contributed by atoms with Crippen LogP contribution in [0.3, 0.4) is 0 Å². The van der Waals surface area contributed by atoms with Gasteiger partial charge in [0.15, 0.2) is 0 Å². The van der Waals surface area contributed by atoms with Gasteiger partial charge < -0.3 is 9.47 Å². The number of rotatable bonds is 12. The van der Waals surface area contributed by atoms with Gasteiger partial charge in [0, 0.05) is 39.5 Å². The van der Waals surface area contributed by atoms with Crippen LogP contribution in [-0.4, -0.2) is 62.8 Å². The number of carbonyl (C=O) groups excluding carboxylic acids is 2. The van der Waals surface area contributed by atoms with Crippen molar-refractivity contribution in [1.82, 2.24) is 10.3 Å². The molecule has 2 aliphatic rings. The minimum atomic E-state index is -0.106. The first-order valence-electron chi connectivity index (χ1n) is 11.8. The Morgan fingerprint density at radius 2 is 1.87 bits per heavy atom. The van der Waals surface area contributed by atoms with Gasteiger partial charge in [-0.3, -0.25) is 14.5 Å². The van der Waals surface area contributed by atoms with Crippen molar-refractivity contribution in [2.24, 2.45) is 0 Å². The van der Waals surface area contributed by atoms with E-state index in [1.165, 1.54) is 17.5 Å². The molecule has 1 amide bonds. The third-order valence-corrected chi connectivity index (χ3v) is 6.01. The Balaban J connectivity index is 1.24. The van der Waals surface area contributed by atoms with Gasteiger partial charge in [0.2, 0.25) is 5.91 Å². The molecule has 1 aliphatic heterocycles. The molecular weight excluding hydrogens is 394 g/mol. The zero-order chi connectivity index (χ0) is 21.9. The van der Waals surface area contributed by atoms with E-state index in [0.717, 1.165) is 83.6 Å². The number of carbonyl (C=O) groups is 2. The van der Waals surface area contributed by atoms with E-state index >= 15 is 0 Å². The van der Waals surface area contributed by atoms with Crippen LogP contribution in [-0.2, 0) is 31.9 Å². The van der Waals surface area contributed by atoms with Crippen LogP contribution in [0.4, 0.5) is 5.69 Å². The average Bonchev–Trinajstić information content (AvgIpc) is 3.24. The first-order valence-corrected chi connectivity index (χ1v) is 11.8. The number of nitrogens with one attached hydrogen (secondary N) is 1. The molecule has 172 valence electrons. The van der Waals surface area contributed by atoms with Crippen LogP contribution >= 0.6 is 0 Å². The third-order valence-electron chi connectivity index (χ3n) is 6.01. The van der Waals surface area contributed by atoms with Gasteiger partial charge in [0.25, 0.3) is 0 Å². The zero-order valence-corrected chi connectivity index (χ0v) is 18.9. The zero-order valence-electron chi connectivity index (χ0n) is 18.9. The molecule has 3 rings (SSSR count). The quantitative estimate of drug-likeness (QED) is 0.312. The van der Waals surface area contributed by atoms with Crippen LogP contribution in [0.5, 0.6) is 0 Å². The summed E-state index contributed by atoms with van der Waals surface area (Å²) in [5.41, 5.74) is 6.96. The lowest BCUT2D eigenvalue weighted by Gasteiger charge is -2.26. The van der Waals surface area contributed by atoms with E-state index < -0.39 is 0 Å². The SMILES string of the molecule is CC(=O)N(NCCCCCCC(=O)OCCN1CCOCC1)c1ccc2c(c1)CCC2. The molecule has 0 saturated carbocycles. The topological polar surface area (TPSA) is 71.1 Å². The molecule has 0 spiro atoms. The van der Waals surface area contributed by atoms with Gasteiger partial charge >= 0.3 is 5.97 Å². The minimum absolute atomic E-state index is 0.00206. The Bertz CT molecular complexity index is 719. The van der Waals surface area contributed by atoms with Crippen molar-refractivity contribution in [2.45, 2.75) is 58.3 Å². The lowest BCUT2D eigenvalue weighted by atomic mass is 10.1. The Kier molecular flexibility index (Phi) is 9.78. The third kappa shape index (κ3) is 7.91. The van der Waals surface area contributed by atoms with Gasteiger partial charge in [-0.15, -0.1) is 0 Å². The van der Waals surface area contributed by atoms with Crippen LogP contribution in [0.25, 0.3) is 0 Å². The second-order valence-electron chi connectivity index (χ2n) is 8.41. The van der Waals surface area contributed by atoms with Crippen LogP contribution in [0.1, 0.15) is 56.6 Å². The van der Waals surface area contributed by atoms with E-state index in [1.54, 1.807) is 11.9 Å². The lowest BCUT2D eigenvalue weighted by Crippen LogP contribution is -2.42. The van der Waals surface area contributed by atoms with Gasteiger partial charge in [-0.05, 0) is 55.4 Å². The van der Waals surface area contributed by atoms with Crippen LogP contribution < -0.4 is 10.4 Å². The molecule has 0 atom stereocenters. The molecule has 1 N–H and O–H groups in total. The number of aryl methyl sites for hydroxylation is 2. The first-order chi connectivity index (χ1) is 15.1. The molecular formula is C24H37N3O4. The van der Waals surface area contributed by atoms with Crippen molar-refractivity contribution in [3.63, 3.8) is 0 Å². The normalized spacial score (nSPS) is 16.2. The Hall–Kier alpha value is -1.96. The largest absolute Gasteiger partial charge is 0.464 e. The molecule has 31 heavy (non-hydrogen) atoms. The maximum Gasteiger partial charge on any atom is 0.305 e. The second-order valence-corrected chi connectivity index (χ2v) is 8.41. The summed E-state index contributed by atoms with van der Waals surface area (Å²) >= 11 is 0. The number of benzene rings is 1. The van der Waals surface area contributed by atoms with Crippen molar-refractivity contribution in [1.29, 1.82) is 0 Å². The molecule has 1 heterocycles. The summed E-state index contributed by atoms with van der Waals surface area (Å²) in [6.07, 6.45) is 7.73. The van der Waals surface area contributed by atoms with Crippen LogP contribution in [0.15, 0.2) is 18.2 Å². The number of morpholine rings is 1. The first kappa shape index (κ1) is 23.7. The number of hydrogen-bond acceptors (Lipinski definition) is 6. The van der Waals surface area contributed by atoms with Crippen molar-refractivity contribution in [3.8, 4) is 0 Å². The number of esters is 1. The molecule has 1 aromatic rings. The Morgan fingerprint density at radius 1 is 1.10 bits per heavy atom. The summed E-state index contributed by atoms with van der Waals surface area (Å²) in [7, 11) is 0. The standard InChI is InChI=1S/C24H37N3O4/c1-20(28)27(23-11-10-21-7-6-8-22(21)19-23)25-12-5-3-2-4-9-24(29)31-18-15-26-13-16-30-17-14-26/h10-11,19,25H,2-9,12-18H2,1H3. The number of ether oxygens (including phenoxy) is 2. The summed E-state index contributed by atoms with van der Waals surface area (Å²) in [5.74, 6) is -0.108. The Labute approximate surface area is 186 Å². The number of hydrazine groups is 1. The maximum absolute atomic E-state index is 12.1. The van der Waals surface area contributed by atoms with Gasteiger partial charge in [0.1, 0.15) is 6.61 Å². The second kappa shape index (κ2) is 12.8. The van der Waals surface area contributed by atoms with E-state index in [9.17, 15) is 9.59 Å². The summed E-state index contributed by atoms with van der Waals surface area (Å²) < 4.78 is 10.6. The Morgan fingerprint density at radius 3 is 2.68 bits per heavy atom. The van der Waals surface area contributed by atoms with E-state index in [1.807, 2.05) is 6.07 Å². The van der Waals surface area contributed by atoms with Gasteiger partial charge in [-0.2, -0.15) is 0 Å². The van der Waals surface area contributed by atoms with Gasteiger partial charge in [-0.1, -0.05) is 18.9 Å². The van der Waals surface area contributed by atoms with Gasteiger partial charge in [0.05, 0.1) is 18.9 Å². The number of hydrogen-bond donors (Lipinski definition) is 1. The summed E-state index contributed by atoms with van der Waals surface area (Å²) in [6, 6.07) is 6.32. The van der Waals surface area contributed by atoms with Crippen molar-refractivity contribution in [3.05, 3.63) is 29.3 Å². The molecule has 0 unspecified atom stereocenters. The van der Waals surface area contributed by atoms with Crippen LogP contribution in [0.2, 0.25) is 0 Å². The number of nitrogens with zero attached hydrogens (tertiary/aromatic N) is 2. The van der Waals surface area contributed by atoms with E-state index in [-0.39, 0.29) is 11.9 Å². The predicted octanol–water partition coefficient (Wildman–Crippen LogP) is 2.86. The monoisotopic (exact) mass is 431 g/mol. The highest BCUT2D eigenvalue weighted by Gasteiger charge is 2.16. The van der Waals surface area contributed by atoms with E-state index in [4.69, 9.17) is 9.47 Å². The van der Waals surface area contributed by atoms with Crippen molar-refractivity contribution < 1.29 is 19.1 Å². The lowest BCUT2D eigenvalue weighted by molar-refractivity contribution is -0.144. The summed E-state index contributed by atoms with van der Waals surface area (Å²) in [4.78, 5) is 26.2. The summed E-state index contributed by atoms with van der Waals surface area (Å²) in [5, 5.41) is 1.66. The maximum atomic E-state index is 12.1. The molecule has 1 aromatic carbocycles. The highest BCUT2D eigenvalue weighted by atomic mass is 16.5. The van der Waals surface area contributed by atoms with Crippen molar-refractivity contribution in [2.75, 3.05) is 51.0 Å². The molecule has 1 fully saturated rings. The molecule has 1 aliphatic carbocycles. The fourth-order valence-corrected chi connectivity index (χ4v) is 4.21. The van der Waals surface area contributed by atoms with E-state index in [0.29, 0.717) is 13.0 Å². The van der Waals surface area contributed by atoms with E-state index in [2.05, 4.69) is 22.5 Å². The molecule has 0 bridgehead atoms. The van der Waals surface area contributed by atoms with Gasteiger partial charge in [-0.25, -0.2) is 10.4 Å². The fourth-order valence-electron chi connectivity index (χ4n) is 4.21. The summed E-state index contributed by atoms with van der Waals surface area (Å²) in [6.45, 7) is 6.94. The molecule has 7 heteroatoms. The molecule has 0 aromatic heterocycles. The highest BCUT2D eigenvalue weighted by molar-refractivity contribution is 5.90. The molecule has 7 nitrogen and oxygen atoms in total. The fraction of sp³-hybridized carbons (Fsp3) is 0.667. The number of anilines is 1. The number of amides is 1. The number of unbranched alkanes of at least 4 members (excludes halogenated alkanes) is 3. The van der Waals surface area contributed by atoms with Crippen LogP contribution in [0, 0.1) is 0 Å². The molecule has 1 saturated heterocycles. The average molecular weight is 432 g/mol. The predicted molar refractivity (Wildman–Crippen MR) is 121 cm³/mol. The smallest absolute Gasteiger partial charge is 0.305 e. The van der Waals surface area contributed by atoms with Crippen molar-refractivity contribution >= 4 is 17.6 Å². The number of fused-ring (bicyclic) bond motifs is 1. The minimum Gasteiger partial charge on any atom is -0.464 e.